The average Bonchev–Trinajstić information content (AvgIpc) is 3.26. The van der Waals surface area contributed by atoms with Gasteiger partial charge < -0.3 is 15.2 Å². The van der Waals surface area contributed by atoms with Gasteiger partial charge in [0.25, 0.3) is 0 Å². The number of nitrogens with one attached hydrogen (secondary N) is 1. The topological polar surface area (TPSA) is 76.4 Å². The lowest BCUT2D eigenvalue weighted by molar-refractivity contribution is -0.125. The smallest absolute Gasteiger partial charge is 0.246 e. The first-order chi connectivity index (χ1) is 16.0. The first-order valence-corrected chi connectivity index (χ1v) is 10.9. The number of aliphatic hydroxyl groups excluding tert-OH is 1. The van der Waals surface area contributed by atoms with E-state index in [1.165, 1.54) is 12.1 Å². The Bertz CT molecular complexity index is 1250. The summed E-state index contributed by atoms with van der Waals surface area (Å²) >= 11 is 0. The van der Waals surface area contributed by atoms with Gasteiger partial charge in [-0.1, -0.05) is 31.2 Å². The highest BCUT2D eigenvalue weighted by Gasteiger charge is 2.23. The molecule has 7 heteroatoms. The zero-order chi connectivity index (χ0) is 23.4. The molecule has 4 rings (SSSR count). The molecule has 0 fully saturated rings. The quantitative estimate of drug-likeness (QED) is 0.421. The van der Waals surface area contributed by atoms with Crippen LogP contribution in [-0.4, -0.2) is 33.4 Å². The summed E-state index contributed by atoms with van der Waals surface area (Å²) in [7, 11) is 0. The molecule has 0 saturated carbocycles. The van der Waals surface area contributed by atoms with Crippen LogP contribution >= 0.6 is 0 Å². The van der Waals surface area contributed by atoms with E-state index in [9.17, 15) is 9.18 Å². The maximum atomic E-state index is 13.3. The number of aromatic nitrogens is 2. The minimum absolute atomic E-state index is 0.300. The van der Waals surface area contributed by atoms with Crippen molar-refractivity contribution in [3.63, 3.8) is 0 Å². The molecule has 170 valence electrons. The Morgan fingerprint density at radius 3 is 2.67 bits per heavy atom. The van der Waals surface area contributed by atoms with Crippen molar-refractivity contribution in [2.45, 2.75) is 32.4 Å². The largest absolute Gasteiger partial charge is 0.484 e. The van der Waals surface area contributed by atoms with Crippen LogP contribution in [0.1, 0.15) is 31.1 Å². The summed E-state index contributed by atoms with van der Waals surface area (Å²) in [5, 5.41) is 17.2. The molecule has 1 heterocycles. The van der Waals surface area contributed by atoms with Crippen molar-refractivity contribution in [1.82, 2.24) is 15.1 Å². The van der Waals surface area contributed by atoms with Gasteiger partial charge in [0, 0.05) is 5.39 Å². The maximum absolute atomic E-state index is 13.3. The molecule has 2 atom stereocenters. The molecule has 0 radical (unpaired) electrons. The normalized spacial score (nSPS) is 13.0. The molecule has 1 aromatic heterocycles. The van der Waals surface area contributed by atoms with Crippen molar-refractivity contribution in [2.75, 3.05) is 6.61 Å². The molecule has 33 heavy (non-hydrogen) atoms. The number of hydrogen-bond donors (Lipinski definition) is 2. The number of halogens is 1. The molecular formula is C26H26FN3O3. The van der Waals surface area contributed by atoms with Crippen molar-refractivity contribution < 1.29 is 19.0 Å². The minimum atomic E-state index is -0.583. The van der Waals surface area contributed by atoms with Crippen molar-refractivity contribution in [3.05, 3.63) is 89.9 Å². The van der Waals surface area contributed by atoms with Crippen LogP contribution < -0.4 is 10.1 Å². The van der Waals surface area contributed by atoms with E-state index in [4.69, 9.17) is 9.84 Å². The lowest BCUT2D eigenvalue weighted by atomic mass is 10.00. The molecule has 0 bridgehead atoms. The fourth-order valence-electron chi connectivity index (χ4n) is 3.84. The number of carbonyl (C=O) groups is 1. The number of nitrogens with zero attached hydrogens (tertiary/aromatic N) is 2. The highest BCUT2D eigenvalue weighted by Crippen LogP contribution is 2.29. The average molecular weight is 448 g/mol. The summed E-state index contributed by atoms with van der Waals surface area (Å²) in [6.45, 7) is 3.35. The van der Waals surface area contributed by atoms with Gasteiger partial charge in [-0.25, -0.2) is 9.07 Å². The number of ether oxygens (including phenoxy) is 1. The second kappa shape index (κ2) is 9.83. The molecule has 0 aliphatic rings. The number of aliphatic hydroxyl groups is 1. The van der Waals surface area contributed by atoms with E-state index < -0.39 is 18.6 Å². The van der Waals surface area contributed by atoms with Crippen LogP contribution in [0, 0.1) is 5.82 Å². The van der Waals surface area contributed by atoms with Gasteiger partial charge in [0.05, 0.1) is 23.4 Å². The van der Waals surface area contributed by atoms with Crippen LogP contribution in [0.5, 0.6) is 5.75 Å². The number of benzene rings is 3. The van der Waals surface area contributed by atoms with Gasteiger partial charge in [0.2, 0.25) is 5.91 Å². The van der Waals surface area contributed by atoms with Crippen molar-refractivity contribution in [2.24, 2.45) is 0 Å². The van der Waals surface area contributed by atoms with Crippen molar-refractivity contribution in [3.8, 4) is 11.4 Å². The summed E-state index contributed by atoms with van der Waals surface area (Å²) in [4.78, 5) is 11.8. The lowest BCUT2D eigenvalue weighted by Gasteiger charge is -2.27. The Labute approximate surface area is 191 Å². The summed E-state index contributed by atoms with van der Waals surface area (Å²) in [5.74, 6) is -0.136. The molecule has 0 aliphatic carbocycles. The SMILES string of the molecule is CCc1cccc([C@@H](Oc2ccc3c(cnn3-c3ccc(F)cc3)c2)[C@H](C)NC(=O)CO)c1. The van der Waals surface area contributed by atoms with E-state index in [1.807, 2.05) is 43.3 Å². The second-order valence-electron chi connectivity index (χ2n) is 7.90. The number of hydrogen-bond acceptors (Lipinski definition) is 4. The molecule has 4 aromatic rings. The van der Waals surface area contributed by atoms with Gasteiger partial charge in [-0.3, -0.25) is 4.79 Å². The van der Waals surface area contributed by atoms with E-state index in [0.29, 0.717) is 5.75 Å². The highest BCUT2D eigenvalue weighted by molar-refractivity contribution is 5.81. The van der Waals surface area contributed by atoms with Crippen LogP contribution in [-0.2, 0) is 11.2 Å². The van der Waals surface area contributed by atoms with Gasteiger partial charge >= 0.3 is 0 Å². The highest BCUT2D eigenvalue weighted by atomic mass is 19.1. The van der Waals surface area contributed by atoms with Crippen molar-refractivity contribution in [1.29, 1.82) is 0 Å². The number of aryl methyl sites for hydroxylation is 1. The fourth-order valence-corrected chi connectivity index (χ4v) is 3.84. The van der Waals surface area contributed by atoms with Gasteiger partial charge in [-0.05, 0) is 66.9 Å². The fraction of sp³-hybridized carbons (Fsp3) is 0.231. The third-order valence-electron chi connectivity index (χ3n) is 5.55. The Kier molecular flexibility index (Phi) is 6.70. The standard InChI is InChI=1S/C26H26FN3O3/c1-3-18-5-4-6-19(13-18)26(17(2)29-25(32)16-31)33-23-11-12-24-20(14-23)15-28-30(24)22-9-7-21(27)8-10-22/h4-15,17,26,31H,3,16H2,1-2H3,(H,29,32)/t17-,26-/m0/s1. The number of amides is 1. The number of rotatable bonds is 8. The third-order valence-corrected chi connectivity index (χ3v) is 5.55. The Morgan fingerprint density at radius 2 is 1.94 bits per heavy atom. The van der Waals surface area contributed by atoms with Crippen LogP contribution in [0.2, 0.25) is 0 Å². The maximum Gasteiger partial charge on any atom is 0.246 e. The van der Waals surface area contributed by atoms with Crippen molar-refractivity contribution >= 4 is 16.8 Å². The summed E-state index contributed by atoms with van der Waals surface area (Å²) in [5.41, 5.74) is 3.72. The Morgan fingerprint density at radius 1 is 1.15 bits per heavy atom. The second-order valence-corrected chi connectivity index (χ2v) is 7.90. The summed E-state index contributed by atoms with van der Waals surface area (Å²) in [6, 6.07) is 19.5. The first kappa shape index (κ1) is 22.5. The monoisotopic (exact) mass is 447 g/mol. The molecule has 0 unspecified atom stereocenters. The van der Waals surface area contributed by atoms with Gasteiger partial charge in [-0.2, -0.15) is 5.10 Å². The van der Waals surface area contributed by atoms with Crippen LogP contribution in [0.15, 0.2) is 72.9 Å². The van der Waals surface area contributed by atoms with E-state index in [-0.39, 0.29) is 11.9 Å². The Hall–Kier alpha value is -3.71. The van der Waals surface area contributed by atoms with E-state index in [1.54, 1.807) is 23.0 Å². The summed E-state index contributed by atoms with van der Waals surface area (Å²) in [6.07, 6.45) is 2.15. The molecule has 6 nitrogen and oxygen atoms in total. The van der Waals surface area contributed by atoms with Gasteiger partial charge in [0.1, 0.15) is 24.3 Å². The first-order valence-electron chi connectivity index (χ1n) is 10.9. The minimum Gasteiger partial charge on any atom is -0.484 e. The van der Waals surface area contributed by atoms with E-state index in [2.05, 4.69) is 23.4 Å². The number of fused-ring (bicyclic) bond motifs is 1. The molecule has 2 N–H and O–H groups in total. The Balaban J connectivity index is 1.65. The van der Waals surface area contributed by atoms with Crippen LogP contribution in [0.3, 0.4) is 0 Å². The molecular weight excluding hydrogens is 421 g/mol. The van der Waals surface area contributed by atoms with Crippen LogP contribution in [0.25, 0.3) is 16.6 Å². The molecule has 0 saturated heterocycles. The third kappa shape index (κ3) is 5.04. The predicted octanol–water partition coefficient (Wildman–Crippen LogP) is 4.34. The van der Waals surface area contributed by atoms with E-state index in [0.717, 1.165) is 34.1 Å². The number of carbonyl (C=O) groups excluding carboxylic acids is 1. The zero-order valence-corrected chi connectivity index (χ0v) is 18.5. The molecule has 3 aromatic carbocycles. The predicted molar refractivity (Wildman–Crippen MR) is 125 cm³/mol. The van der Waals surface area contributed by atoms with Crippen LogP contribution in [0.4, 0.5) is 4.39 Å². The summed E-state index contributed by atoms with van der Waals surface area (Å²) < 4.78 is 21.4. The molecule has 1 amide bonds. The molecule has 0 spiro atoms. The molecule has 0 aliphatic heterocycles. The zero-order valence-electron chi connectivity index (χ0n) is 18.5. The lowest BCUT2D eigenvalue weighted by Crippen LogP contribution is -2.40. The van der Waals surface area contributed by atoms with E-state index >= 15 is 0 Å². The van der Waals surface area contributed by atoms with Gasteiger partial charge in [0.15, 0.2) is 0 Å². The van der Waals surface area contributed by atoms with Gasteiger partial charge in [-0.15, -0.1) is 0 Å².